The molecule has 1 atom stereocenters. The van der Waals surface area contributed by atoms with E-state index in [-0.39, 0.29) is 6.03 Å². The number of carboxylic acids is 1. The van der Waals surface area contributed by atoms with Crippen LogP contribution in [0, 0.1) is 0 Å². The smallest absolute Gasteiger partial charge is 0.326 e. The maximum absolute atomic E-state index is 12.2. The molecule has 0 bridgehead atoms. The molecule has 18 heavy (non-hydrogen) atoms. The number of carboxylic acid groups (broad SMARTS) is 1. The van der Waals surface area contributed by atoms with E-state index in [2.05, 4.69) is 0 Å². The van der Waals surface area contributed by atoms with Gasteiger partial charge in [0.15, 0.2) is 0 Å². The summed E-state index contributed by atoms with van der Waals surface area (Å²) in [5.41, 5.74) is 1.07. The second-order valence-electron chi connectivity index (χ2n) is 4.46. The Labute approximate surface area is 110 Å². The number of thiophene rings is 1. The van der Waals surface area contributed by atoms with Gasteiger partial charge in [0.2, 0.25) is 0 Å². The van der Waals surface area contributed by atoms with E-state index < -0.39 is 12.0 Å². The molecule has 1 aliphatic rings. The molecule has 0 aliphatic carbocycles. The van der Waals surface area contributed by atoms with Gasteiger partial charge in [-0.3, -0.25) is 0 Å². The highest BCUT2D eigenvalue weighted by atomic mass is 32.1. The lowest BCUT2D eigenvalue weighted by molar-refractivity contribution is -0.141. The van der Waals surface area contributed by atoms with Gasteiger partial charge in [-0.15, -0.1) is 0 Å². The molecule has 1 aliphatic heterocycles. The third kappa shape index (κ3) is 2.64. The van der Waals surface area contributed by atoms with E-state index in [1.165, 1.54) is 4.90 Å². The van der Waals surface area contributed by atoms with Crippen molar-refractivity contribution in [2.24, 2.45) is 0 Å². The molecule has 1 N–H and O–H groups in total. The van der Waals surface area contributed by atoms with Gasteiger partial charge in [0, 0.05) is 20.1 Å². The number of nitrogens with zero attached hydrogens (tertiary/aromatic N) is 2. The van der Waals surface area contributed by atoms with Crippen LogP contribution in [0.15, 0.2) is 16.8 Å². The zero-order valence-electron chi connectivity index (χ0n) is 10.2. The molecule has 5 nitrogen and oxygen atoms in total. The lowest BCUT2D eigenvalue weighted by Crippen LogP contribution is -2.46. The first-order valence-corrected chi connectivity index (χ1v) is 6.79. The number of carbonyl (C=O) groups is 2. The van der Waals surface area contributed by atoms with Gasteiger partial charge in [0.1, 0.15) is 6.04 Å². The number of rotatable bonds is 3. The van der Waals surface area contributed by atoms with Gasteiger partial charge in [-0.1, -0.05) is 0 Å². The molecule has 0 radical (unpaired) electrons. The van der Waals surface area contributed by atoms with Gasteiger partial charge in [-0.05, 0) is 35.2 Å². The van der Waals surface area contributed by atoms with Gasteiger partial charge in [-0.2, -0.15) is 11.3 Å². The molecule has 0 saturated carbocycles. The molecule has 1 saturated heterocycles. The summed E-state index contributed by atoms with van der Waals surface area (Å²) in [5, 5.41) is 13.0. The predicted octanol–water partition coefficient (Wildman–Crippen LogP) is 1.85. The van der Waals surface area contributed by atoms with Gasteiger partial charge in [0.05, 0.1) is 0 Å². The molecule has 6 heteroatoms. The summed E-state index contributed by atoms with van der Waals surface area (Å²) in [5.74, 6) is -0.912. The van der Waals surface area contributed by atoms with Crippen LogP contribution in [0.3, 0.4) is 0 Å². The third-order valence-corrected chi connectivity index (χ3v) is 3.84. The maximum Gasteiger partial charge on any atom is 0.326 e. The first kappa shape index (κ1) is 12.9. The van der Waals surface area contributed by atoms with E-state index in [1.54, 1.807) is 23.3 Å². The van der Waals surface area contributed by atoms with Crippen LogP contribution in [0.25, 0.3) is 0 Å². The minimum Gasteiger partial charge on any atom is -0.480 e. The highest BCUT2D eigenvalue weighted by Crippen LogP contribution is 2.20. The molecule has 0 spiro atoms. The summed E-state index contributed by atoms with van der Waals surface area (Å²) >= 11 is 1.59. The van der Waals surface area contributed by atoms with Crippen LogP contribution in [0.4, 0.5) is 4.79 Å². The summed E-state index contributed by atoms with van der Waals surface area (Å²) in [6.07, 6.45) is 1.31. The molecule has 1 aromatic rings. The van der Waals surface area contributed by atoms with Gasteiger partial charge < -0.3 is 14.9 Å². The van der Waals surface area contributed by atoms with Crippen molar-refractivity contribution in [1.29, 1.82) is 0 Å². The Morgan fingerprint density at radius 2 is 2.39 bits per heavy atom. The maximum atomic E-state index is 12.2. The number of urea groups is 1. The number of amides is 2. The Kier molecular flexibility index (Phi) is 3.86. The number of hydrogen-bond donors (Lipinski definition) is 1. The van der Waals surface area contributed by atoms with E-state index >= 15 is 0 Å². The molecular formula is C12H16N2O3S. The van der Waals surface area contributed by atoms with E-state index in [9.17, 15) is 9.59 Å². The van der Waals surface area contributed by atoms with Crippen LogP contribution in [-0.2, 0) is 11.3 Å². The fraction of sp³-hybridized carbons (Fsp3) is 0.500. The Hall–Kier alpha value is -1.56. The summed E-state index contributed by atoms with van der Waals surface area (Å²) in [6, 6.07) is 1.10. The van der Waals surface area contributed by atoms with Crippen molar-refractivity contribution in [1.82, 2.24) is 9.80 Å². The lowest BCUT2D eigenvalue weighted by atomic mass is 10.2. The van der Waals surface area contributed by atoms with Crippen LogP contribution in [0.1, 0.15) is 18.4 Å². The Balaban J connectivity index is 1.99. The Morgan fingerprint density at radius 3 is 3.00 bits per heavy atom. The molecule has 1 unspecified atom stereocenters. The van der Waals surface area contributed by atoms with Gasteiger partial charge >= 0.3 is 12.0 Å². The highest BCUT2D eigenvalue weighted by molar-refractivity contribution is 7.07. The van der Waals surface area contributed by atoms with E-state index in [1.807, 2.05) is 16.8 Å². The largest absolute Gasteiger partial charge is 0.480 e. The first-order chi connectivity index (χ1) is 8.59. The van der Waals surface area contributed by atoms with Crippen molar-refractivity contribution in [2.45, 2.75) is 25.4 Å². The second kappa shape index (κ2) is 5.39. The topological polar surface area (TPSA) is 60.9 Å². The Bertz CT molecular complexity index is 433. The molecular weight excluding hydrogens is 252 g/mol. The number of likely N-dealkylation sites (tertiary alicyclic amines) is 1. The molecule has 1 fully saturated rings. The van der Waals surface area contributed by atoms with Gasteiger partial charge in [0.25, 0.3) is 0 Å². The molecule has 2 rings (SSSR count). The molecule has 1 aromatic heterocycles. The van der Waals surface area contributed by atoms with Crippen LogP contribution < -0.4 is 0 Å². The van der Waals surface area contributed by atoms with E-state index in [0.717, 1.165) is 12.0 Å². The zero-order chi connectivity index (χ0) is 13.1. The van der Waals surface area contributed by atoms with Crippen LogP contribution in [0.5, 0.6) is 0 Å². The fourth-order valence-corrected chi connectivity index (χ4v) is 2.86. The summed E-state index contributed by atoms with van der Waals surface area (Å²) in [7, 11) is 1.71. The first-order valence-electron chi connectivity index (χ1n) is 5.85. The quantitative estimate of drug-likeness (QED) is 0.910. The third-order valence-electron chi connectivity index (χ3n) is 3.11. The van der Waals surface area contributed by atoms with E-state index in [4.69, 9.17) is 5.11 Å². The Morgan fingerprint density at radius 1 is 1.61 bits per heavy atom. The summed E-state index contributed by atoms with van der Waals surface area (Å²) in [6.45, 7) is 1.05. The fourth-order valence-electron chi connectivity index (χ4n) is 2.20. The minimum atomic E-state index is -0.912. The van der Waals surface area contributed by atoms with Crippen LogP contribution >= 0.6 is 11.3 Å². The predicted molar refractivity (Wildman–Crippen MR) is 68.5 cm³/mol. The average Bonchev–Trinajstić information content (AvgIpc) is 2.97. The van der Waals surface area contributed by atoms with Crippen molar-refractivity contribution in [3.63, 3.8) is 0 Å². The molecule has 0 aromatic carbocycles. The van der Waals surface area contributed by atoms with Crippen molar-refractivity contribution in [3.05, 3.63) is 22.4 Å². The average molecular weight is 268 g/mol. The summed E-state index contributed by atoms with van der Waals surface area (Å²) in [4.78, 5) is 26.2. The number of aliphatic carboxylic acids is 1. The molecule has 98 valence electrons. The van der Waals surface area contributed by atoms with Crippen LogP contribution in [0.2, 0.25) is 0 Å². The minimum absolute atomic E-state index is 0.203. The molecule has 2 amide bonds. The van der Waals surface area contributed by atoms with E-state index in [0.29, 0.717) is 19.5 Å². The van der Waals surface area contributed by atoms with Crippen LogP contribution in [-0.4, -0.2) is 46.5 Å². The van der Waals surface area contributed by atoms with Crippen molar-refractivity contribution >= 4 is 23.3 Å². The normalized spacial score (nSPS) is 18.9. The zero-order valence-corrected chi connectivity index (χ0v) is 11.0. The highest BCUT2D eigenvalue weighted by Gasteiger charge is 2.35. The SMILES string of the molecule is CN(Cc1ccsc1)C(=O)N1CCCC1C(=O)O. The number of carbonyl (C=O) groups excluding carboxylic acids is 1. The van der Waals surface area contributed by atoms with Gasteiger partial charge in [-0.25, -0.2) is 9.59 Å². The summed E-state index contributed by atoms with van der Waals surface area (Å²) < 4.78 is 0. The molecule has 2 heterocycles. The van der Waals surface area contributed by atoms with Crippen molar-refractivity contribution in [2.75, 3.05) is 13.6 Å². The second-order valence-corrected chi connectivity index (χ2v) is 5.24. The monoisotopic (exact) mass is 268 g/mol. The standard InChI is InChI=1S/C12H16N2O3S/c1-13(7-9-4-6-18-8-9)12(17)14-5-2-3-10(14)11(15)16/h4,6,8,10H,2-3,5,7H2,1H3,(H,15,16). The number of hydrogen-bond acceptors (Lipinski definition) is 3. The van der Waals surface area contributed by atoms with Crippen molar-refractivity contribution in [3.8, 4) is 0 Å². The lowest BCUT2D eigenvalue weighted by Gasteiger charge is -2.27. The van der Waals surface area contributed by atoms with Crippen molar-refractivity contribution < 1.29 is 14.7 Å².